The molecular weight excluding hydrogens is 602 g/mol. The molecule has 8 N–H and O–H groups in total. The predicted molar refractivity (Wildman–Crippen MR) is 176 cm³/mol. The highest BCUT2D eigenvalue weighted by atomic mass is 32.2. The fourth-order valence-corrected chi connectivity index (χ4v) is 4.60. The molecule has 0 unspecified atom stereocenters. The summed E-state index contributed by atoms with van der Waals surface area (Å²) >= 11 is 1.20. The summed E-state index contributed by atoms with van der Waals surface area (Å²) in [4.78, 5) is 57.6. The summed E-state index contributed by atoms with van der Waals surface area (Å²) in [6, 6.07) is -2.40. The van der Waals surface area contributed by atoms with E-state index < -0.39 is 59.7 Å². The largest absolute Gasteiger partial charge is 0.481 e. The Kier molecular flexibility index (Phi) is 24.1. The second kappa shape index (κ2) is 26.5. The maximum absolute atomic E-state index is 12.7. The first-order valence-electron chi connectivity index (χ1n) is 14.7. The molecule has 13 heteroatoms. The highest BCUT2D eigenvalue weighted by molar-refractivity contribution is 8.00. The first-order chi connectivity index (χ1) is 21.5. The molecule has 0 aromatic heterocycles. The molecule has 0 aliphatic rings. The Morgan fingerprint density at radius 1 is 0.822 bits per heavy atom. The summed E-state index contributed by atoms with van der Waals surface area (Å²) in [5.74, 6) is -4.73. The average Bonchev–Trinajstić information content (AvgIpc) is 2.99. The van der Waals surface area contributed by atoms with Crippen molar-refractivity contribution in [1.82, 2.24) is 10.6 Å². The number of nitrogens with two attached hydrogens (primary N) is 1. The summed E-state index contributed by atoms with van der Waals surface area (Å²) in [6.07, 6.45) is 24.3. The maximum atomic E-state index is 12.7. The fourth-order valence-electron chi connectivity index (χ4n) is 3.41. The van der Waals surface area contributed by atoms with Crippen LogP contribution in [0.3, 0.4) is 0 Å². The van der Waals surface area contributed by atoms with Crippen molar-refractivity contribution in [2.45, 2.75) is 81.7 Å². The van der Waals surface area contributed by atoms with E-state index in [0.717, 1.165) is 12.8 Å². The zero-order valence-electron chi connectivity index (χ0n) is 25.6. The summed E-state index contributed by atoms with van der Waals surface area (Å²) in [5.41, 5.74) is 5.46. The lowest BCUT2D eigenvalue weighted by atomic mass is 10.1. The number of allylic oxidation sites excluding steroid dienone is 10. The number of carbonyl (C=O) groups excluding carboxylic acids is 2. The minimum absolute atomic E-state index is 0.00494. The third-order valence-corrected chi connectivity index (χ3v) is 7.23. The van der Waals surface area contributed by atoms with Gasteiger partial charge in [0.25, 0.3) is 0 Å². The van der Waals surface area contributed by atoms with Gasteiger partial charge in [-0.25, -0.2) is 0 Å². The van der Waals surface area contributed by atoms with Crippen LogP contribution in [0.1, 0.15) is 58.3 Å². The van der Waals surface area contributed by atoms with Gasteiger partial charge in [-0.15, -0.1) is 11.8 Å². The summed E-state index contributed by atoms with van der Waals surface area (Å²) in [7, 11) is 0. The van der Waals surface area contributed by atoms with Crippen molar-refractivity contribution in [3.05, 3.63) is 72.9 Å². The molecule has 0 spiro atoms. The topological polar surface area (TPSA) is 216 Å². The third kappa shape index (κ3) is 24.1. The zero-order chi connectivity index (χ0) is 33.9. The van der Waals surface area contributed by atoms with E-state index in [0.29, 0.717) is 19.3 Å². The lowest BCUT2D eigenvalue weighted by Crippen LogP contribution is -2.50. The van der Waals surface area contributed by atoms with Gasteiger partial charge in [0.1, 0.15) is 18.6 Å². The number of carbonyl (C=O) groups is 5. The molecule has 0 aliphatic heterocycles. The fraction of sp³-hybridized carbons (Fsp3) is 0.469. The van der Waals surface area contributed by atoms with E-state index in [2.05, 4.69) is 10.6 Å². The highest BCUT2D eigenvalue weighted by Gasteiger charge is 2.25. The van der Waals surface area contributed by atoms with Crippen molar-refractivity contribution in [3.8, 4) is 0 Å². The van der Waals surface area contributed by atoms with E-state index >= 15 is 0 Å². The van der Waals surface area contributed by atoms with E-state index in [1.54, 1.807) is 24.3 Å². The zero-order valence-corrected chi connectivity index (χ0v) is 26.4. The van der Waals surface area contributed by atoms with Gasteiger partial charge in [-0.3, -0.25) is 24.0 Å². The molecule has 45 heavy (non-hydrogen) atoms. The van der Waals surface area contributed by atoms with E-state index in [1.165, 1.54) is 11.8 Å². The molecule has 0 aromatic rings. The number of amides is 2. The predicted octanol–water partition coefficient (Wildman–Crippen LogP) is 3.11. The van der Waals surface area contributed by atoms with Crippen LogP contribution in [0.2, 0.25) is 0 Å². The van der Waals surface area contributed by atoms with E-state index in [4.69, 9.17) is 21.1 Å². The monoisotopic (exact) mass is 649 g/mol. The number of hydrogen-bond donors (Lipinski definition) is 7. The molecule has 0 bridgehead atoms. The molecule has 0 fully saturated rings. The van der Waals surface area contributed by atoms with Gasteiger partial charge in [-0.2, -0.15) is 0 Å². The van der Waals surface area contributed by atoms with Gasteiger partial charge in [-0.1, -0.05) is 79.8 Å². The van der Waals surface area contributed by atoms with Gasteiger partial charge in [0.2, 0.25) is 11.8 Å². The van der Waals surface area contributed by atoms with Crippen LogP contribution in [0.5, 0.6) is 0 Å². The minimum atomic E-state index is -1.26. The van der Waals surface area contributed by atoms with Gasteiger partial charge < -0.3 is 36.8 Å². The molecule has 250 valence electrons. The quantitative estimate of drug-likeness (QED) is 0.0563. The molecule has 0 rings (SSSR count). The summed E-state index contributed by atoms with van der Waals surface area (Å²) in [5, 5.41) is 41.7. The van der Waals surface area contributed by atoms with Crippen molar-refractivity contribution in [2.24, 2.45) is 5.73 Å². The first-order valence-corrected chi connectivity index (χ1v) is 15.8. The smallest absolute Gasteiger partial charge is 0.322 e. The molecule has 0 radical (unpaired) electrons. The number of carboxylic acid groups (broad SMARTS) is 3. The Labute approximate surface area is 268 Å². The Hall–Kier alpha value is -3.94. The van der Waals surface area contributed by atoms with E-state index in [9.17, 15) is 29.1 Å². The van der Waals surface area contributed by atoms with Crippen LogP contribution in [0.15, 0.2) is 72.9 Å². The normalized spacial score (nSPS) is 14.9. The van der Waals surface area contributed by atoms with Gasteiger partial charge in [-0.05, 0) is 38.5 Å². The molecule has 0 saturated carbocycles. The molecule has 4 atom stereocenters. The Bertz CT molecular complexity index is 1100. The average molecular weight is 650 g/mol. The number of hydrogen-bond acceptors (Lipinski definition) is 8. The second-order valence-corrected chi connectivity index (χ2v) is 11.0. The molecule has 0 aromatic carbocycles. The van der Waals surface area contributed by atoms with Crippen LogP contribution in [-0.2, 0) is 24.0 Å². The number of rotatable bonds is 25. The van der Waals surface area contributed by atoms with Crippen LogP contribution in [0.25, 0.3) is 0 Å². The lowest BCUT2D eigenvalue weighted by molar-refractivity contribution is -0.139. The van der Waals surface area contributed by atoms with Crippen molar-refractivity contribution >= 4 is 41.5 Å². The van der Waals surface area contributed by atoms with Crippen molar-refractivity contribution < 1.29 is 44.4 Å². The number of nitrogens with one attached hydrogen (secondary N) is 2. The number of aliphatic hydroxyl groups is 1. The first kappa shape index (κ1) is 41.1. The van der Waals surface area contributed by atoms with Crippen LogP contribution < -0.4 is 16.4 Å². The minimum Gasteiger partial charge on any atom is -0.481 e. The van der Waals surface area contributed by atoms with Crippen molar-refractivity contribution in [1.29, 1.82) is 0 Å². The number of aliphatic carboxylic acids is 3. The third-order valence-electron chi connectivity index (χ3n) is 5.85. The number of thioether (sulfide) groups is 1. The SMILES string of the molecule is CC/C=C\C/C=C\C[C@H](O)[C@@H](/C=C/C=C/C=C\C/C=C\CCC(=O)O)SC[C@H](NC(=O)CC[C@H](N)C(=O)O)C(=O)NCC(=O)O. The Morgan fingerprint density at radius 3 is 2.16 bits per heavy atom. The van der Waals surface area contributed by atoms with Gasteiger partial charge >= 0.3 is 17.9 Å². The van der Waals surface area contributed by atoms with E-state index in [-0.39, 0.29) is 25.0 Å². The highest BCUT2D eigenvalue weighted by Crippen LogP contribution is 2.21. The molecule has 0 saturated heterocycles. The summed E-state index contributed by atoms with van der Waals surface area (Å²) < 4.78 is 0. The lowest BCUT2D eigenvalue weighted by Gasteiger charge is -2.23. The second-order valence-electron chi connectivity index (χ2n) is 9.74. The molecule has 2 amide bonds. The maximum Gasteiger partial charge on any atom is 0.322 e. The number of carboxylic acids is 3. The van der Waals surface area contributed by atoms with E-state index in [1.807, 2.05) is 55.5 Å². The van der Waals surface area contributed by atoms with Crippen molar-refractivity contribution in [3.63, 3.8) is 0 Å². The van der Waals surface area contributed by atoms with Crippen molar-refractivity contribution in [2.75, 3.05) is 12.3 Å². The number of aliphatic hydroxyl groups excluding tert-OH is 1. The van der Waals surface area contributed by atoms with Crippen LogP contribution in [0, 0.1) is 0 Å². The van der Waals surface area contributed by atoms with Crippen LogP contribution >= 0.6 is 11.8 Å². The molecular formula is C32H47N3O9S. The van der Waals surface area contributed by atoms with Gasteiger partial charge in [0, 0.05) is 23.8 Å². The van der Waals surface area contributed by atoms with Gasteiger partial charge in [0.15, 0.2) is 0 Å². The van der Waals surface area contributed by atoms with Gasteiger partial charge in [0.05, 0.1) is 6.10 Å². The molecule has 12 nitrogen and oxygen atoms in total. The Balaban J connectivity index is 5.52. The molecule has 0 aliphatic carbocycles. The van der Waals surface area contributed by atoms with Crippen LogP contribution in [0.4, 0.5) is 0 Å². The summed E-state index contributed by atoms with van der Waals surface area (Å²) in [6.45, 7) is 1.38. The van der Waals surface area contributed by atoms with Crippen LogP contribution in [-0.4, -0.2) is 85.9 Å². The standard InChI is InChI=1S/C32H47N3O9S/c1-2-3-4-5-11-14-17-26(36)27(18-15-12-9-7-6-8-10-13-16-19-29(38)39)45-23-25(31(42)34-22-30(40)41)35-28(37)21-20-24(33)32(43)44/h3-4,6-7,9-15,18,24-27,36H,2,5,8,16-17,19-23,33H2,1H3,(H,34,42)(H,35,37)(H,38,39)(H,40,41)(H,43,44)/b4-3-,7-6-,12-9+,13-10-,14-11-,18-15+/t24-,25-,26-,27+/m0/s1. The molecule has 0 heterocycles. The Morgan fingerprint density at radius 2 is 1.49 bits per heavy atom.